The van der Waals surface area contributed by atoms with Crippen LogP contribution in [0, 0.1) is 13.8 Å². The van der Waals surface area contributed by atoms with Crippen molar-refractivity contribution < 1.29 is 4.74 Å². The number of nitrogens with zero attached hydrogens (tertiary/aromatic N) is 2. The Balaban J connectivity index is 2.80. The van der Waals surface area contributed by atoms with Gasteiger partial charge in [0.15, 0.2) is 0 Å². The van der Waals surface area contributed by atoms with Gasteiger partial charge in [0.2, 0.25) is 5.88 Å². The Morgan fingerprint density at radius 3 is 2.85 bits per heavy atom. The van der Waals surface area contributed by atoms with Gasteiger partial charge in [-0.25, -0.2) is 0 Å². The topological polar surface area (TPSA) is 26.5 Å². The van der Waals surface area contributed by atoms with E-state index in [1.165, 1.54) is 5.56 Å². The highest BCUT2D eigenvalue weighted by molar-refractivity contribution is 5.50. The maximum atomic E-state index is 5.10. The Bertz CT molecular complexity index is 445. The van der Waals surface area contributed by atoms with Crippen molar-refractivity contribution in [1.82, 2.24) is 9.38 Å². The van der Waals surface area contributed by atoms with Gasteiger partial charge >= 0.3 is 0 Å². The summed E-state index contributed by atoms with van der Waals surface area (Å²) in [6.45, 7) is 4.08. The number of methoxy groups -OCH3 is 1. The number of hydrogen-bond acceptors (Lipinski definition) is 2. The predicted molar refractivity (Wildman–Crippen MR) is 51.2 cm³/mol. The van der Waals surface area contributed by atoms with E-state index in [4.69, 9.17) is 4.74 Å². The molecule has 0 aliphatic heterocycles. The summed E-state index contributed by atoms with van der Waals surface area (Å²) in [6.07, 6.45) is 2.02. The van der Waals surface area contributed by atoms with Crippen molar-refractivity contribution in [3.05, 3.63) is 29.6 Å². The molecule has 0 radical (unpaired) electrons. The van der Waals surface area contributed by atoms with E-state index in [-0.39, 0.29) is 0 Å². The van der Waals surface area contributed by atoms with Gasteiger partial charge in [0, 0.05) is 18.0 Å². The minimum absolute atomic E-state index is 0.673. The maximum absolute atomic E-state index is 5.10. The van der Waals surface area contributed by atoms with E-state index in [9.17, 15) is 0 Å². The van der Waals surface area contributed by atoms with Gasteiger partial charge in [-0.1, -0.05) is 0 Å². The quantitative estimate of drug-likeness (QED) is 0.664. The summed E-state index contributed by atoms with van der Waals surface area (Å²) in [5.41, 5.74) is 3.27. The van der Waals surface area contributed by atoms with Crippen LogP contribution in [0.5, 0.6) is 5.88 Å². The van der Waals surface area contributed by atoms with Crippen LogP contribution >= 0.6 is 0 Å². The molecule has 0 bridgehead atoms. The van der Waals surface area contributed by atoms with Gasteiger partial charge in [-0.3, -0.25) is 0 Å². The highest BCUT2D eigenvalue weighted by atomic mass is 16.5. The van der Waals surface area contributed by atoms with E-state index >= 15 is 0 Å². The molecule has 0 spiro atoms. The monoisotopic (exact) mass is 176 g/mol. The highest BCUT2D eigenvalue weighted by Gasteiger charge is 2.04. The Morgan fingerprint density at radius 2 is 2.15 bits per heavy atom. The van der Waals surface area contributed by atoms with E-state index < -0.39 is 0 Å². The van der Waals surface area contributed by atoms with Crippen molar-refractivity contribution in [1.29, 1.82) is 0 Å². The van der Waals surface area contributed by atoms with E-state index in [2.05, 4.69) is 15.5 Å². The van der Waals surface area contributed by atoms with Crippen molar-refractivity contribution in [2.75, 3.05) is 7.11 Å². The zero-order chi connectivity index (χ0) is 9.42. The fraction of sp³-hybridized carbons (Fsp3) is 0.300. The van der Waals surface area contributed by atoms with Gasteiger partial charge < -0.3 is 9.14 Å². The second kappa shape index (κ2) is 2.76. The SMILES string of the molecule is COc1cc(C)n2ccc(C)c2n1. The summed E-state index contributed by atoms with van der Waals surface area (Å²) >= 11 is 0. The molecule has 3 nitrogen and oxygen atoms in total. The summed E-state index contributed by atoms with van der Waals surface area (Å²) < 4.78 is 7.16. The Kier molecular flexibility index (Phi) is 1.72. The molecule has 0 unspecified atom stereocenters. The molecular formula is C10H12N2O. The lowest BCUT2D eigenvalue weighted by Crippen LogP contribution is -1.96. The lowest BCUT2D eigenvalue weighted by atomic mass is 10.3. The van der Waals surface area contributed by atoms with Crippen LogP contribution in [-0.2, 0) is 0 Å². The third-order valence-corrected chi connectivity index (χ3v) is 2.19. The van der Waals surface area contributed by atoms with Crippen LogP contribution < -0.4 is 4.74 Å². The van der Waals surface area contributed by atoms with Crippen molar-refractivity contribution in [2.24, 2.45) is 0 Å². The van der Waals surface area contributed by atoms with Crippen molar-refractivity contribution in [3.8, 4) is 5.88 Å². The fourth-order valence-corrected chi connectivity index (χ4v) is 1.44. The van der Waals surface area contributed by atoms with Crippen LogP contribution in [-0.4, -0.2) is 16.5 Å². The summed E-state index contributed by atoms with van der Waals surface area (Å²) in [7, 11) is 1.64. The van der Waals surface area contributed by atoms with Crippen molar-refractivity contribution in [2.45, 2.75) is 13.8 Å². The van der Waals surface area contributed by atoms with Crippen LogP contribution in [0.1, 0.15) is 11.3 Å². The minimum Gasteiger partial charge on any atom is -0.481 e. The van der Waals surface area contributed by atoms with Crippen LogP contribution in [0.15, 0.2) is 18.3 Å². The molecule has 2 heterocycles. The first kappa shape index (κ1) is 8.10. The lowest BCUT2D eigenvalue weighted by Gasteiger charge is -2.04. The van der Waals surface area contributed by atoms with Crippen LogP contribution in [0.4, 0.5) is 0 Å². The Labute approximate surface area is 77.0 Å². The summed E-state index contributed by atoms with van der Waals surface area (Å²) in [6, 6.07) is 3.97. The number of aryl methyl sites for hydroxylation is 2. The normalized spacial score (nSPS) is 10.7. The van der Waals surface area contributed by atoms with Gasteiger partial charge in [0.1, 0.15) is 5.65 Å². The average molecular weight is 176 g/mol. The molecule has 13 heavy (non-hydrogen) atoms. The zero-order valence-electron chi connectivity index (χ0n) is 8.03. The molecule has 3 heteroatoms. The Morgan fingerprint density at radius 1 is 1.38 bits per heavy atom. The van der Waals surface area contributed by atoms with Gasteiger partial charge in [0.05, 0.1) is 7.11 Å². The van der Waals surface area contributed by atoms with Crippen molar-refractivity contribution in [3.63, 3.8) is 0 Å². The second-order valence-corrected chi connectivity index (χ2v) is 3.13. The van der Waals surface area contributed by atoms with E-state index in [1.807, 2.05) is 26.1 Å². The first-order chi connectivity index (χ1) is 6.22. The molecule has 2 aromatic rings. The Hall–Kier alpha value is -1.51. The first-order valence-corrected chi connectivity index (χ1v) is 4.21. The summed E-state index contributed by atoms with van der Waals surface area (Å²) in [5, 5.41) is 0. The first-order valence-electron chi connectivity index (χ1n) is 4.21. The number of fused-ring (bicyclic) bond motifs is 1. The lowest BCUT2D eigenvalue weighted by molar-refractivity contribution is 0.397. The molecule has 0 aliphatic carbocycles. The summed E-state index contributed by atoms with van der Waals surface area (Å²) in [5.74, 6) is 0.673. The maximum Gasteiger partial charge on any atom is 0.216 e. The molecule has 0 atom stereocenters. The number of aromatic nitrogens is 2. The molecule has 0 amide bonds. The smallest absolute Gasteiger partial charge is 0.216 e. The number of hydrogen-bond donors (Lipinski definition) is 0. The third kappa shape index (κ3) is 1.16. The van der Waals surface area contributed by atoms with Gasteiger partial charge in [-0.2, -0.15) is 4.98 Å². The zero-order valence-corrected chi connectivity index (χ0v) is 8.03. The van der Waals surface area contributed by atoms with E-state index in [0.29, 0.717) is 5.88 Å². The van der Waals surface area contributed by atoms with Crippen LogP contribution in [0.25, 0.3) is 5.65 Å². The predicted octanol–water partition coefficient (Wildman–Crippen LogP) is 1.96. The van der Waals surface area contributed by atoms with E-state index in [1.54, 1.807) is 7.11 Å². The third-order valence-electron chi connectivity index (χ3n) is 2.19. The van der Waals surface area contributed by atoms with Gasteiger partial charge in [0.25, 0.3) is 0 Å². The molecule has 0 fully saturated rings. The summed E-state index contributed by atoms with van der Waals surface area (Å²) in [4.78, 5) is 4.35. The molecule has 2 rings (SSSR count). The molecule has 0 aromatic carbocycles. The average Bonchev–Trinajstić information content (AvgIpc) is 2.48. The fourth-order valence-electron chi connectivity index (χ4n) is 1.44. The largest absolute Gasteiger partial charge is 0.481 e. The standard InChI is InChI=1S/C10H12N2O/c1-7-4-5-12-8(2)6-9(13-3)11-10(7)12/h4-6H,1-3H3. The van der Waals surface area contributed by atoms with Crippen LogP contribution in [0.2, 0.25) is 0 Å². The molecule has 2 aromatic heterocycles. The molecule has 0 aliphatic rings. The molecule has 0 saturated carbocycles. The molecule has 68 valence electrons. The van der Waals surface area contributed by atoms with Gasteiger partial charge in [-0.05, 0) is 25.5 Å². The molecule has 0 N–H and O–H groups in total. The van der Waals surface area contributed by atoms with E-state index in [0.717, 1.165) is 11.3 Å². The number of rotatable bonds is 1. The minimum atomic E-state index is 0.673. The van der Waals surface area contributed by atoms with Crippen molar-refractivity contribution >= 4 is 5.65 Å². The highest BCUT2D eigenvalue weighted by Crippen LogP contribution is 2.16. The number of ether oxygens (including phenoxy) is 1. The van der Waals surface area contributed by atoms with Crippen LogP contribution in [0.3, 0.4) is 0 Å². The second-order valence-electron chi connectivity index (χ2n) is 3.13. The van der Waals surface area contributed by atoms with Gasteiger partial charge in [-0.15, -0.1) is 0 Å². The molecule has 0 saturated heterocycles. The molecular weight excluding hydrogens is 164 g/mol.